The van der Waals surface area contributed by atoms with E-state index in [2.05, 4.69) is 21.2 Å². The maximum Gasteiger partial charge on any atom is 0.264 e. The van der Waals surface area contributed by atoms with Gasteiger partial charge in [-0.1, -0.05) is 46.3 Å². The number of fused-ring (bicyclic) bond motifs is 1. The largest absolute Gasteiger partial charge is 0.346 e. The number of nitrogens with one attached hydrogen (secondary N) is 1. The average Bonchev–Trinajstić information content (AvgIpc) is 3.18. The van der Waals surface area contributed by atoms with Crippen molar-refractivity contribution in [2.45, 2.75) is 24.3 Å². The van der Waals surface area contributed by atoms with Crippen LogP contribution in [-0.4, -0.2) is 20.9 Å². The van der Waals surface area contributed by atoms with Crippen molar-refractivity contribution in [1.29, 1.82) is 0 Å². The molecule has 1 heterocycles. The zero-order valence-electron chi connectivity index (χ0n) is 16.4. The number of carbonyl (C=O) groups is 1. The molecule has 4 rings (SSSR count). The molecule has 1 aliphatic heterocycles. The number of hydrogen-bond donors (Lipinski definition) is 1. The van der Waals surface area contributed by atoms with Gasteiger partial charge >= 0.3 is 0 Å². The molecule has 3 aromatic carbocycles. The average molecular weight is 485 g/mol. The highest BCUT2D eigenvalue weighted by Gasteiger charge is 2.31. The van der Waals surface area contributed by atoms with Crippen molar-refractivity contribution < 1.29 is 13.2 Å². The minimum Gasteiger partial charge on any atom is -0.346 e. The third kappa shape index (κ3) is 4.00. The number of anilines is 1. The second-order valence-electron chi connectivity index (χ2n) is 7.23. The fourth-order valence-electron chi connectivity index (χ4n) is 3.60. The lowest BCUT2D eigenvalue weighted by Crippen LogP contribution is -2.29. The van der Waals surface area contributed by atoms with Crippen LogP contribution in [0, 0.1) is 0 Å². The van der Waals surface area contributed by atoms with E-state index in [9.17, 15) is 13.2 Å². The number of amides is 1. The topological polar surface area (TPSA) is 66.5 Å². The first-order valence-electron chi connectivity index (χ1n) is 9.63. The van der Waals surface area contributed by atoms with E-state index in [1.807, 2.05) is 37.3 Å². The Morgan fingerprint density at radius 3 is 2.43 bits per heavy atom. The van der Waals surface area contributed by atoms with Crippen LogP contribution in [0.1, 0.15) is 34.5 Å². The lowest BCUT2D eigenvalue weighted by molar-refractivity contribution is 0.0940. The molecule has 5 nitrogen and oxygen atoms in total. The number of carbonyl (C=O) groups excluding carboxylic acids is 1. The van der Waals surface area contributed by atoms with Gasteiger partial charge in [0, 0.05) is 16.6 Å². The van der Waals surface area contributed by atoms with Gasteiger partial charge in [0.15, 0.2) is 0 Å². The SMILES string of the molecule is C[C@@H](NC(=O)c1ccc2c(c1)CCN2S(=O)(=O)c1ccc(Br)cc1)c1ccccc1. The highest BCUT2D eigenvalue weighted by atomic mass is 79.9. The summed E-state index contributed by atoms with van der Waals surface area (Å²) < 4.78 is 28.4. The molecule has 1 N–H and O–H groups in total. The molecule has 1 atom stereocenters. The fraction of sp³-hybridized carbons (Fsp3) is 0.174. The third-order valence-electron chi connectivity index (χ3n) is 5.24. The van der Waals surface area contributed by atoms with Gasteiger partial charge in [0.25, 0.3) is 15.9 Å². The Kier molecular flexibility index (Phi) is 5.66. The molecule has 0 bridgehead atoms. The molecule has 0 aromatic heterocycles. The number of nitrogens with zero attached hydrogens (tertiary/aromatic N) is 1. The highest BCUT2D eigenvalue weighted by Crippen LogP contribution is 2.34. The summed E-state index contributed by atoms with van der Waals surface area (Å²) in [4.78, 5) is 13.0. The standard InChI is InChI=1S/C23H21BrN2O3S/c1-16(17-5-3-2-4-6-17)25-23(27)19-7-12-22-18(15-19)13-14-26(22)30(28,29)21-10-8-20(24)9-11-21/h2-12,15-16H,13-14H2,1H3,(H,25,27)/t16-/m1/s1. The molecule has 1 aliphatic rings. The van der Waals surface area contributed by atoms with E-state index in [1.165, 1.54) is 4.31 Å². The van der Waals surface area contributed by atoms with Crippen LogP contribution in [0.3, 0.4) is 0 Å². The van der Waals surface area contributed by atoms with Crippen molar-refractivity contribution in [3.05, 3.63) is 94.0 Å². The molecule has 0 spiro atoms. The lowest BCUT2D eigenvalue weighted by Gasteiger charge is -2.20. The normalized spacial score (nSPS) is 14.3. The zero-order chi connectivity index (χ0) is 21.3. The molecule has 0 aliphatic carbocycles. The Morgan fingerprint density at radius 2 is 1.73 bits per heavy atom. The Bertz CT molecular complexity index is 1180. The number of rotatable bonds is 5. The first-order chi connectivity index (χ1) is 14.4. The van der Waals surface area contributed by atoms with E-state index in [-0.39, 0.29) is 16.8 Å². The number of sulfonamides is 1. The summed E-state index contributed by atoms with van der Waals surface area (Å²) >= 11 is 3.33. The Labute approximate surface area is 184 Å². The number of benzene rings is 3. The highest BCUT2D eigenvalue weighted by molar-refractivity contribution is 9.10. The van der Waals surface area contributed by atoms with Gasteiger partial charge in [-0.25, -0.2) is 8.42 Å². The van der Waals surface area contributed by atoms with Gasteiger partial charge in [-0.05, 0) is 66.9 Å². The molecule has 0 unspecified atom stereocenters. The van der Waals surface area contributed by atoms with Crippen LogP contribution in [0.5, 0.6) is 0 Å². The fourth-order valence-corrected chi connectivity index (χ4v) is 5.37. The van der Waals surface area contributed by atoms with Crippen molar-refractivity contribution in [1.82, 2.24) is 5.32 Å². The van der Waals surface area contributed by atoms with Crippen molar-refractivity contribution >= 4 is 37.5 Å². The summed E-state index contributed by atoms with van der Waals surface area (Å²) in [6.45, 7) is 2.30. The van der Waals surface area contributed by atoms with Crippen LogP contribution in [0.4, 0.5) is 5.69 Å². The first kappa shape index (κ1) is 20.6. The van der Waals surface area contributed by atoms with Crippen LogP contribution in [0.15, 0.2) is 82.2 Å². The smallest absolute Gasteiger partial charge is 0.264 e. The van der Waals surface area contributed by atoms with Gasteiger partial charge in [0.2, 0.25) is 0 Å². The van der Waals surface area contributed by atoms with Crippen LogP contribution in [0.25, 0.3) is 0 Å². The van der Waals surface area contributed by atoms with Gasteiger partial charge in [0.05, 0.1) is 16.6 Å². The van der Waals surface area contributed by atoms with Gasteiger partial charge in [-0.3, -0.25) is 9.10 Å². The molecule has 0 saturated carbocycles. The van der Waals surface area contributed by atoms with Crippen molar-refractivity contribution in [3.63, 3.8) is 0 Å². The summed E-state index contributed by atoms with van der Waals surface area (Å²) in [6.07, 6.45) is 0.570. The second kappa shape index (κ2) is 8.24. The maximum absolute atomic E-state index is 13.1. The minimum atomic E-state index is -3.65. The van der Waals surface area contributed by atoms with Crippen molar-refractivity contribution in [2.24, 2.45) is 0 Å². The Hall–Kier alpha value is -2.64. The summed E-state index contributed by atoms with van der Waals surface area (Å²) in [5.74, 6) is -0.177. The van der Waals surface area contributed by atoms with E-state index in [4.69, 9.17) is 0 Å². The van der Waals surface area contributed by atoms with E-state index in [0.29, 0.717) is 24.2 Å². The van der Waals surface area contributed by atoms with Gasteiger partial charge in [0.1, 0.15) is 0 Å². The molecule has 0 fully saturated rings. The van der Waals surface area contributed by atoms with Crippen LogP contribution >= 0.6 is 15.9 Å². The van der Waals surface area contributed by atoms with E-state index in [0.717, 1.165) is 15.6 Å². The maximum atomic E-state index is 13.1. The monoisotopic (exact) mass is 484 g/mol. The molecule has 154 valence electrons. The molecule has 7 heteroatoms. The predicted molar refractivity (Wildman–Crippen MR) is 121 cm³/mol. The molecule has 3 aromatic rings. The summed E-state index contributed by atoms with van der Waals surface area (Å²) in [7, 11) is -3.65. The predicted octanol–water partition coefficient (Wildman–Crippen LogP) is 4.69. The Balaban J connectivity index is 1.55. The number of hydrogen-bond acceptors (Lipinski definition) is 3. The van der Waals surface area contributed by atoms with E-state index < -0.39 is 10.0 Å². The summed E-state index contributed by atoms with van der Waals surface area (Å²) in [5, 5.41) is 3.00. The zero-order valence-corrected chi connectivity index (χ0v) is 18.8. The first-order valence-corrected chi connectivity index (χ1v) is 11.9. The van der Waals surface area contributed by atoms with Crippen molar-refractivity contribution in [2.75, 3.05) is 10.8 Å². The molecular formula is C23H21BrN2O3S. The molecule has 0 radical (unpaired) electrons. The van der Waals surface area contributed by atoms with Crippen LogP contribution in [0.2, 0.25) is 0 Å². The molecule has 0 saturated heterocycles. The second-order valence-corrected chi connectivity index (χ2v) is 10.0. The lowest BCUT2D eigenvalue weighted by atomic mass is 10.1. The van der Waals surface area contributed by atoms with Crippen molar-refractivity contribution in [3.8, 4) is 0 Å². The molecular weight excluding hydrogens is 464 g/mol. The quantitative estimate of drug-likeness (QED) is 0.570. The molecule has 1 amide bonds. The van der Waals surface area contributed by atoms with E-state index >= 15 is 0 Å². The summed E-state index contributed by atoms with van der Waals surface area (Å²) in [5.41, 5.74) is 3.04. The number of halogens is 1. The van der Waals surface area contributed by atoms with Crippen LogP contribution < -0.4 is 9.62 Å². The van der Waals surface area contributed by atoms with E-state index in [1.54, 1.807) is 42.5 Å². The third-order valence-corrected chi connectivity index (χ3v) is 7.60. The van der Waals surface area contributed by atoms with Crippen LogP contribution in [-0.2, 0) is 16.4 Å². The minimum absolute atomic E-state index is 0.124. The van der Waals surface area contributed by atoms with Gasteiger partial charge in [-0.15, -0.1) is 0 Å². The Morgan fingerprint density at radius 1 is 1.03 bits per heavy atom. The molecule has 30 heavy (non-hydrogen) atoms. The summed E-state index contributed by atoms with van der Waals surface area (Å²) in [6, 6.07) is 21.4. The van der Waals surface area contributed by atoms with Gasteiger partial charge in [-0.2, -0.15) is 0 Å². The van der Waals surface area contributed by atoms with Gasteiger partial charge < -0.3 is 5.32 Å².